The molecule has 0 amide bonds. The highest BCUT2D eigenvalue weighted by molar-refractivity contribution is 5.98. The largest absolute Gasteiger partial charge is 0.294 e. The Bertz CT molecular complexity index is 403. The Balaban J connectivity index is 2.17. The number of pyridine rings is 1. The molecular weight excluding hydrogens is 210 g/mol. The highest BCUT2D eigenvalue weighted by Gasteiger charge is 2.22. The number of hydrogen-bond acceptors (Lipinski definition) is 2. The predicted octanol–water partition coefficient (Wildman–Crippen LogP) is 3.85. The maximum absolute atomic E-state index is 12.4. The molecule has 1 aliphatic rings. The molecule has 0 radical (unpaired) electrons. The van der Waals surface area contributed by atoms with Crippen molar-refractivity contribution in [2.24, 2.45) is 5.92 Å². The molecule has 2 heteroatoms. The van der Waals surface area contributed by atoms with E-state index in [0.717, 1.165) is 29.8 Å². The molecule has 92 valence electrons. The molecule has 0 aliphatic heterocycles. The summed E-state index contributed by atoms with van der Waals surface area (Å²) in [4.78, 5) is 16.8. The maximum atomic E-state index is 12.4. The Morgan fingerprint density at radius 3 is 2.35 bits per heavy atom. The number of rotatable bonds is 2. The Kier molecular flexibility index (Phi) is 3.93. The summed E-state index contributed by atoms with van der Waals surface area (Å²) in [6.07, 6.45) is 7.10. The van der Waals surface area contributed by atoms with Crippen LogP contribution in [-0.4, -0.2) is 10.8 Å². The maximum Gasteiger partial charge on any atom is 0.167 e. The number of aryl methyl sites for hydroxylation is 2. The summed E-state index contributed by atoms with van der Waals surface area (Å²) in [6.45, 7) is 3.91. The van der Waals surface area contributed by atoms with E-state index in [9.17, 15) is 4.79 Å². The number of aromatic nitrogens is 1. The minimum absolute atomic E-state index is 0.237. The van der Waals surface area contributed by atoms with E-state index in [1.54, 1.807) is 0 Å². The Morgan fingerprint density at radius 1 is 1.12 bits per heavy atom. The van der Waals surface area contributed by atoms with Gasteiger partial charge < -0.3 is 0 Å². The molecule has 0 N–H and O–H groups in total. The first kappa shape index (κ1) is 12.3. The van der Waals surface area contributed by atoms with E-state index in [1.807, 2.05) is 26.0 Å². The molecule has 1 fully saturated rings. The predicted molar refractivity (Wildman–Crippen MR) is 69.2 cm³/mol. The molecule has 0 aromatic carbocycles. The van der Waals surface area contributed by atoms with Gasteiger partial charge in [0.2, 0.25) is 0 Å². The molecule has 1 aromatic heterocycles. The van der Waals surface area contributed by atoms with Gasteiger partial charge in [-0.1, -0.05) is 25.7 Å². The van der Waals surface area contributed by atoms with Crippen LogP contribution >= 0.6 is 0 Å². The van der Waals surface area contributed by atoms with Gasteiger partial charge in [0.15, 0.2) is 5.78 Å². The van der Waals surface area contributed by atoms with E-state index in [0.29, 0.717) is 5.78 Å². The van der Waals surface area contributed by atoms with Crippen LogP contribution in [0.15, 0.2) is 12.1 Å². The SMILES string of the molecule is Cc1ccc(C(=O)C2CCCCCC2)c(C)n1. The van der Waals surface area contributed by atoms with Gasteiger partial charge in [-0.2, -0.15) is 0 Å². The molecule has 0 saturated heterocycles. The Hall–Kier alpha value is -1.18. The molecule has 0 bridgehead atoms. The van der Waals surface area contributed by atoms with Gasteiger partial charge in [-0.25, -0.2) is 0 Å². The molecule has 1 saturated carbocycles. The Labute approximate surface area is 103 Å². The summed E-state index contributed by atoms with van der Waals surface area (Å²) in [5.41, 5.74) is 2.71. The summed E-state index contributed by atoms with van der Waals surface area (Å²) >= 11 is 0. The average Bonchev–Trinajstić information content (AvgIpc) is 2.56. The second-order valence-electron chi connectivity index (χ2n) is 5.14. The lowest BCUT2D eigenvalue weighted by Gasteiger charge is -2.14. The van der Waals surface area contributed by atoms with Crippen molar-refractivity contribution in [3.05, 3.63) is 29.1 Å². The molecule has 1 aromatic rings. The first-order valence-electron chi connectivity index (χ1n) is 6.67. The lowest BCUT2D eigenvalue weighted by Crippen LogP contribution is -2.16. The molecule has 2 rings (SSSR count). The average molecular weight is 231 g/mol. The molecular formula is C15H21NO. The van der Waals surface area contributed by atoms with Crippen LogP contribution in [0.5, 0.6) is 0 Å². The van der Waals surface area contributed by atoms with Crippen LogP contribution < -0.4 is 0 Å². The molecule has 1 aliphatic carbocycles. The van der Waals surface area contributed by atoms with E-state index in [-0.39, 0.29) is 5.92 Å². The van der Waals surface area contributed by atoms with Crippen LogP contribution in [0.4, 0.5) is 0 Å². The molecule has 0 spiro atoms. The first-order valence-corrected chi connectivity index (χ1v) is 6.67. The Morgan fingerprint density at radius 2 is 1.76 bits per heavy atom. The van der Waals surface area contributed by atoms with E-state index in [1.165, 1.54) is 25.7 Å². The van der Waals surface area contributed by atoms with Crippen molar-refractivity contribution in [1.82, 2.24) is 4.98 Å². The van der Waals surface area contributed by atoms with Crippen LogP contribution in [-0.2, 0) is 0 Å². The van der Waals surface area contributed by atoms with Crippen LogP contribution in [0, 0.1) is 19.8 Å². The zero-order valence-electron chi connectivity index (χ0n) is 10.8. The summed E-state index contributed by atoms with van der Waals surface area (Å²) in [5.74, 6) is 0.553. The lowest BCUT2D eigenvalue weighted by atomic mass is 9.90. The van der Waals surface area contributed by atoms with Crippen LogP contribution in [0.3, 0.4) is 0 Å². The molecule has 0 atom stereocenters. The zero-order chi connectivity index (χ0) is 12.3. The van der Waals surface area contributed by atoms with Crippen LogP contribution in [0.1, 0.15) is 60.3 Å². The molecule has 0 unspecified atom stereocenters. The van der Waals surface area contributed by atoms with Gasteiger partial charge in [0, 0.05) is 22.9 Å². The minimum atomic E-state index is 0.237. The van der Waals surface area contributed by atoms with Crippen molar-refractivity contribution in [3.63, 3.8) is 0 Å². The van der Waals surface area contributed by atoms with E-state index >= 15 is 0 Å². The monoisotopic (exact) mass is 231 g/mol. The second-order valence-corrected chi connectivity index (χ2v) is 5.14. The third kappa shape index (κ3) is 2.93. The van der Waals surface area contributed by atoms with Crippen molar-refractivity contribution in [1.29, 1.82) is 0 Å². The molecule has 2 nitrogen and oxygen atoms in total. The van der Waals surface area contributed by atoms with Gasteiger partial charge in [0.25, 0.3) is 0 Å². The van der Waals surface area contributed by atoms with Gasteiger partial charge >= 0.3 is 0 Å². The third-order valence-corrected chi connectivity index (χ3v) is 3.72. The van der Waals surface area contributed by atoms with Crippen molar-refractivity contribution in [2.75, 3.05) is 0 Å². The number of carbonyl (C=O) groups is 1. The number of ketones is 1. The standard InChI is InChI=1S/C15H21NO/c1-11-9-10-14(12(2)16-11)15(17)13-7-5-3-4-6-8-13/h9-10,13H,3-8H2,1-2H3. The van der Waals surface area contributed by atoms with Crippen molar-refractivity contribution >= 4 is 5.78 Å². The normalized spacial score (nSPS) is 17.8. The topological polar surface area (TPSA) is 30.0 Å². The first-order chi connectivity index (χ1) is 8.18. The molecule has 17 heavy (non-hydrogen) atoms. The summed E-state index contributed by atoms with van der Waals surface area (Å²) in [5, 5.41) is 0. The summed E-state index contributed by atoms with van der Waals surface area (Å²) < 4.78 is 0. The van der Waals surface area contributed by atoms with Gasteiger partial charge in [-0.15, -0.1) is 0 Å². The van der Waals surface area contributed by atoms with Crippen molar-refractivity contribution in [3.8, 4) is 0 Å². The van der Waals surface area contributed by atoms with Crippen LogP contribution in [0.25, 0.3) is 0 Å². The fourth-order valence-electron chi connectivity index (χ4n) is 2.71. The van der Waals surface area contributed by atoms with Gasteiger partial charge in [-0.05, 0) is 38.8 Å². The zero-order valence-corrected chi connectivity index (χ0v) is 10.8. The highest BCUT2D eigenvalue weighted by Crippen LogP contribution is 2.26. The van der Waals surface area contributed by atoms with E-state index in [4.69, 9.17) is 0 Å². The highest BCUT2D eigenvalue weighted by atomic mass is 16.1. The summed E-state index contributed by atoms with van der Waals surface area (Å²) in [6, 6.07) is 3.89. The third-order valence-electron chi connectivity index (χ3n) is 3.72. The smallest absolute Gasteiger partial charge is 0.167 e. The van der Waals surface area contributed by atoms with Crippen molar-refractivity contribution < 1.29 is 4.79 Å². The minimum Gasteiger partial charge on any atom is -0.294 e. The van der Waals surface area contributed by atoms with E-state index < -0.39 is 0 Å². The fraction of sp³-hybridized carbons (Fsp3) is 0.600. The van der Waals surface area contributed by atoms with Gasteiger partial charge in [0.1, 0.15) is 0 Å². The van der Waals surface area contributed by atoms with Gasteiger partial charge in [-0.3, -0.25) is 9.78 Å². The van der Waals surface area contributed by atoms with E-state index in [2.05, 4.69) is 4.98 Å². The van der Waals surface area contributed by atoms with Crippen LogP contribution in [0.2, 0.25) is 0 Å². The second kappa shape index (κ2) is 5.44. The lowest BCUT2D eigenvalue weighted by molar-refractivity contribution is 0.0907. The van der Waals surface area contributed by atoms with Gasteiger partial charge in [0.05, 0.1) is 0 Å². The summed E-state index contributed by atoms with van der Waals surface area (Å²) in [7, 11) is 0. The number of carbonyl (C=O) groups excluding carboxylic acids is 1. The number of hydrogen-bond donors (Lipinski definition) is 0. The quantitative estimate of drug-likeness (QED) is 0.571. The number of Topliss-reactive ketones (excluding diaryl/α,β-unsaturated/α-hetero) is 1. The van der Waals surface area contributed by atoms with Crippen molar-refractivity contribution in [2.45, 2.75) is 52.4 Å². The fourth-order valence-corrected chi connectivity index (χ4v) is 2.71. The number of nitrogens with zero attached hydrogens (tertiary/aromatic N) is 1. The molecule has 1 heterocycles.